The zero-order valence-electron chi connectivity index (χ0n) is 14.4. The molecule has 2 aromatic rings. The molecule has 0 unspecified atom stereocenters. The summed E-state index contributed by atoms with van der Waals surface area (Å²) in [6.07, 6.45) is 4.90. The molecule has 0 radical (unpaired) electrons. The third-order valence-corrected chi connectivity index (χ3v) is 4.48. The fraction of sp³-hybridized carbons (Fsp3) is 0.500. The van der Waals surface area contributed by atoms with Gasteiger partial charge in [-0.25, -0.2) is 9.97 Å². The first-order chi connectivity index (χ1) is 12.2. The van der Waals surface area contributed by atoms with Gasteiger partial charge in [0, 0.05) is 31.3 Å². The SMILES string of the molecule is COCCNC(=O)c1cccc2cnc(N[C@H]3CC[C@H](O)CC3)nc12. The van der Waals surface area contributed by atoms with Gasteiger partial charge in [-0.05, 0) is 31.7 Å². The minimum atomic E-state index is -0.196. The molecule has 1 saturated carbocycles. The van der Waals surface area contributed by atoms with Gasteiger partial charge in [0.05, 0.1) is 23.8 Å². The number of rotatable bonds is 6. The first-order valence-electron chi connectivity index (χ1n) is 8.65. The van der Waals surface area contributed by atoms with Crippen molar-refractivity contribution in [2.45, 2.75) is 37.8 Å². The van der Waals surface area contributed by atoms with Crippen LogP contribution < -0.4 is 10.6 Å². The van der Waals surface area contributed by atoms with Crippen molar-refractivity contribution in [3.63, 3.8) is 0 Å². The van der Waals surface area contributed by atoms with Gasteiger partial charge in [0.1, 0.15) is 0 Å². The standard InChI is InChI=1S/C18H24N4O3/c1-25-10-9-19-17(24)15-4-2-3-12-11-20-18(22-16(12)15)21-13-5-7-14(23)8-6-13/h2-4,11,13-14,23H,5-10H2,1H3,(H,19,24)(H,20,21,22)/t13-,14-. The zero-order chi connectivity index (χ0) is 17.6. The summed E-state index contributed by atoms with van der Waals surface area (Å²) in [6, 6.07) is 5.73. The molecule has 1 aliphatic carbocycles. The van der Waals surface area contributed by atoms with Crippen molar-refractivity contribution in [2.24, 2.45) is 0 Å². The molecule has 1 aromatic carbocycles. The molecule has 1 aliphatic rings. The monoisotopic (exact) mass is 344 g/mol. The van der Waals surface area contributed by atoms with Crippen LogP contribution in [0.1, 0.15) is 36.0 Å². The normalized spacial score (nSPS) is 20.4. The fourth-order valence-electron chi connectivity index (χ4n) is 3.07. The van der Waals surface area contributed by atoms with Crippen LogP contribution in [0.3, 0.4) is 0 Å². The Bertz CT molecular complexity index is 729. The number of hydrogen-bond acceptors (Lipinski definition) is 6. The Morgan fingerprint density at radius 2 is 2.12 bits per heavy atom. The van der Waals surface area contributed by atoms with E-state index < -0.39 is 0 Å². The number of ether oxygens (including phenoxy) is 1. The molecule has 7 nitrogen and oxygen atoms in total. The lowest BCUT2D eigenvalue weighted by Crippen LogP contribution is -2.29. The van der Waals surface area contributed by atoms with Crippen molar-refractivity contribution in [1.82, 2.24) is 15.3 Å². The van der Waals surface area contributed by atoms with Gasteiger partial charge in [-0.15, -0.1) is 0 Å². The molecule has 1 heterocycles. The van der Waals surface area contributed by atoms with E-state index in [2.05, 4.69) is 20.6 Å². The van der Waals surface area contributed by atoms with E-state index in [4.69, 9.17) is 4.74 Å². The van der Waals surface area contributed by atoms with Crippen molar-refractivity contribution < 1.29 is 14.6 Å². The Morgan fingerprint density at radius 1 is 1.32 bits per heavy atom. The molecule has 7 heteroatoms. The third-order valence-electron chi connectivity index (χ3n) is 4.48. The number of carbonyl (C=O) groups excluding carboxylic acids is 1. The van der Waals surface area contributed by atoms with E-state index in [9.17, 15) is 9.90 Å². The van der Waals surface area contributed by atoms with E-state index in [1.54, 1.807) is 19.4 Å². The van der Waals surface area contributed by atoms with E-state index >= 15 is 0 Å². The van der Waals surface area contributed by atoms with Crippen LogP contribution in [0.25, 0.3) is 10.9 Å². The van der Waals surface area contributed by atoms with Crippen LogP contribution in [0.2, 0.25) is 0 Å². The molecule has 1 aromatic heterocycles. The van der Waals surface area contributed by atoms with Crippen molar-refractivity contribution in [3.8, 4) is 0 Å². The minimum Gasteiger partial charge on any atom is -0.393 e. The lowest BCUT2D eigenvalue weighted by molar-refractivity contribution is 0.0938. The quantitative estimate of drug-likeness (QED) is 0.691. The first-order valence-corrected chi connectivity index (χ1v) is 8.65. The first kappa shape index (κ1) is 17.6. The molecule has 0 aliphatic heterocycles. The second kappa shape index (κ2) is 8.22. The Morgan fingerprint density at radius 3 is 2.88 bits per heavy atom. The zero-order valence-corrected chi connectivity index (χ0v) is 14.4. The summed E-state index contributed by atoms with van der Waals surface area (Å²) in [4.78, 5) is 21.3. The topological polar surface area (TPSA) is 96.4 Å². The molecule has 134 valence electrons. The Hall–Kier alpha value is -2.25. The lowest BCUT2D eigenvalue weighted by atomic mass is 9.93. The van der Waals surface area contributed by atoms with Crippen LogP contribution in [0.5, 0.6) is 0 Å². The molecule has 0 saturated heterocycles. The Labute approximate surface area is 146 Å². The maximum Gasteiger partial charge on any atom is 0.253 e. The minimum absolute atomic E-state index is 0.173. The molecule has 0 bridgehead atoms. The number of benzene rings is 1. The smallest absolute Gasteiger partial charge is 0.253 e. The fourth-order valence-corrected chi connectivity index (χ4v) is 3.07. The Balaban J connectivity index is 1.78. The van der Waals surface area contributed by atoms with Crippen LogP contribution in [0, 0.1) is 0 Å². The second-order valence-corrected chi connectivity index (χ2v) is 6.34. The summed E-state index contributed by atoms with van der Waals surface area (Å²) in [5, 5.41) is 16.6. The number of nitrogens with one attached hydrogen (secondary N) is 2. The van der Waals surface area contributed by atoms with E-state index in [1.165, 1.54) is 0 Å². The number of anilines is 1. The predicted octanol–water partition coefficient (Wildman–Crippen LogP) is 1.72. The molecular formula is C18H24N4O3. The highest BCUT2D eigenvalue weighted by Gasteiger charge is 2.20. The van der Waals surface area contributed by atoms with Gasteiger partial charge in [0.25, 0.3) is 5.91 Å². The predicted molar refractivity (Wildman–Crippen MR) is 95.6 cm³/mol. The number of para-hydroxylation sites is 1. The summed E-state index contributed by atoms with van der Waals surface area (Å²) < 4.78 is 4.96. The molecule has 0 atom stereocenters. The molecule has 3 N–H and O–H groups in total. The van der Waals surface area contributed by atoms with Crippen LogP contribution >= 0.6 is 0 Å². The maximum atomic E-state index is 12.4. The van der Waals surface area contributed by atoms with E-state index in [-0.39, 0.29) is 18.1 Å². The number of hydrogen-bond donors (Lipinski definition) is 3. The van der Waals surface area contributed by atoms with E-state index in [0.29, 0.717) is 30.2 Å². The summed E-state index contributed by atoms with van der Waals surface area (Å²) in [6.45, 7) is 0.915. The maximum absolute atomic E-state index is 12.4. The Kier molecular flexibility index (Phi) is 5.78. The number of methoxy groups -OCH3 is 1. The van der Waals surface area contributed by atoms with Gasteiger partial charge in [-0.2, -0.15) is 0 Å². The number of aromatic nitrogens is 2. The molecule has 3 rings (SSSR count). The van der Waals surface area contributed by atoms with Crippen LogP contribution in [0.4, 0.5) is 5.95 Å². The number of fused-ring (bicyclic) bond motifs is 1. The van der Waals surface area contributed by atoms with Gasteiger partial charge < -0.3 is 20.5 Å². The molecule has 0 spiro atoms. The van der Waals surface area contributed by atoms with Crippen LogP contribution in [-0.2, 0) is 4.74 Å². The number of aliphatic hydroxyl groups is 1. The van der Waals surface area contributed by atoms with Gasteiger partial charge in [-0.3, -0.25) is 4.79 Å². The average molecular weight is 344 g/mol. The highest BCUT2D eigenvalue weighted by molar-refractivity contribution is 6.05. The van der Waals surface area contributed by atoms with Crippen molar-refractivity contribution >= 4 is 22.8 Å². The molecular weight excluding hydrogens is 320 g/mol. The van der Waals surface area contributed by atoms with Crippen molar-refractivity contribution in [2.75, 3.05) is 25.6 Å². The summed E-state index contributed by atoms with van der Waals surface area (Å²) >= 11 is 0. The van der Waals surface area contributed by atoms with Crippen LogP contribution in [0.15, 0.2) is 24.4 Å². The number of amides is 1. The summed E-state index contributed by atoms with van der Waals surface area (Å²) in [7, 11) is 1.60. The van der Waals surface area contributed by atoms with Crippen LogP contribution in [-0.4, -0.2) is 53.4 Å². The summed E-state index contributed by atoms with van der Waals surface area (Å²) in [5.74, 6) is 0.346. The molecule has 25 heavy (non-hydrogen) atoms. The third kappa shape index (κ3) is 4.43. The molecule has 1 amide bonds. The summed E-state index contributed by atoms with van der Waals surface area (Å²) in [5.41, 5.74) is 1.16. The van der Waals surface area contributed by atoms with E-state index in [1.807, 2.05) is 12.1 Å². The van der Waals surface area contributed by atoms with Crippen molar-refractivity contribution in [1.29, 1.82) is 0 Å². The van der Waals surface area contributed by atoms with Gasteiger partial charge in [0.15, 0.2) is 0 Å². The lowest BCUT2D eigenvalue weighted by Gasteiger charge is -2.26. The van der Waals surface area contributed by atoms with Gasteiger partial charge in [-0.1, -0.05) is 12.1 Å². The van der Waals surface area contributed by atoms with Gasteiger partial charge >= 0.3 is 0 Å². The number of aliphatic hydroxyl groups excluding tert-OH is 1. The highest BCUT2D eigenvalue weighted by Crippen LogP contribution is 2.22. The second-order valence-electron chi connectivity index (χ2n) is 6.34. The number of nitrogens with zero attached hydrogens (tertiary/aromatic N) is 2. The molecule has 1 fully saturated rings. The average Bonchev–Trinajstić information content (AvgIpc) is 2.63. The largest absolute Gasteiger partial charge is 0.393 e. The number of carbonyl (C=O) groups is 1. The van der Waals surface area contributed by atoms with E-state index in [0.717, 1.165) is 31.1 Å². The van der Waals surface area contributed by atoms with Crippen molar-refractivity contribution in [3.05, 3.63) is 30.0 Å². The highest BCUT2D eigenvalue weighted by atomic mass is 16.5. The van der Waals surface area contributed by atoms with Gasteiger partial charge in [0.2, 0.25) is 5.95 Å².